The monoisotopic (exact) mass is 261 g/mol. The first-order chi connectivity index (χ1) is 7.84. The summed E-state index contributed by atoms with van der Waals surface area (Å²) in [6.45, 7) is 3.97. The Morgan fingerprint density at radius 1 is 1.47 bits per heavy atom. The molecule has 6 nitrogen and oxygen atoms in total. The predicted molar refractivity (Wildman–Crippen MR) is 66.6 cm³/mol. The van der Waals surface area contributed by atoms with Crippen molar-refractivity contribution in [2.45, 2.75) is 25.3 Å². The number of carbonyl (C=O) groups is 2. The molecule has 0 aromatic heterocycles. The molecule has 0 aromatic rings. The van der Waals surface area contributed by atoms with Crippen LogP contribution in [-0.4, -0.2) is 58.3 Å². The van der Waals surface area contributed by atoms with E-state index in [0.717, 1.165) is 0 Å². The lowest BCUT2D eigenvalue weighted by Gasteiger charge is -2.30. The van der Waals surface area contributed by atoms with Gasteiger partial charge in [0.15, 0.2) is 0 Å². The van der Waals surface area contributed by atoms with Crippen molar-refractivity contribution in [3.05, 3.63) is 0 Å². The second-order valence-corrected chi connectivity index (χ2v) is 5.69. The summed E-state index contributed by atoms with van der Waals surface area (Å²) < 4.78 is 0. The van der Waals surface area contributed by atoms with Gasteiger partial charge in [-0.25, -0.2) is 14.6 Å². The van der Waals surface area contributed by atoms with Crippen LogP contribution in [-0.2, 0) is 4.79 Å². The summed E-state index contributed by atoms with van der Waals surface area (Å²) in [7, 11) is 3.39. The number of carboxylic acids is 1. The molecule has 0 aliphatic carbocycles. The number of nitrogens with zero attached hydrogens (tertiary/aromatic N) is 2. The van der Waals surface area contributed by atoms with Crippen LogP contribution < -0.4 is 5.43 Å². The zero-order valence-electron chi connectivity index (χ0n) is 10.5. The first kappa shape index (κ1) is 14.1. The number of thioether (sulfide) groups is 1. The van der Waals surface area contributed by atoms with Gasteiger partial charge >= 0.3 is 12.0 Å². The number of amides is 2. The van der Waals surface area contributed by atoms with E-state index in [0.29, 0.717) is 5.75 Å². The highest BCUT2D eigenvalue weighted by molar-refractivity contribution is 8.00. The average Bonchev–Trinajstić information content (AvgIpc) is 2.59. The third kappa shape index (κ3) is 3.26. The topological polar surface area (TPSA) is 72.9 Å². The number of aliphatic carboxylic acids is 1. The molecule has 2 amide bonds. The van der Waals surface area contributed by atoms with E-state index in [9.17, 15) is 9.59 Å². The number of urea groups is 1. The van der Waals surface area contributed by atoms with Crippen LogP contribution in [0.3, 0.4) is 0 Å². The molecule has 0 spiro atoms. The molecule has 2 atom stereocenters. The van der Waals surface area contributed by atoms with Crippen molar-refractivity contribution in [1.29, 1.82) is 0 Å². The molecule has 0 radical (unpaired) electrons. The van der Waals surface area contributed by atoms with Gasteiger partial charge in [-0.1, -0.05) is 13.8 Å². The Morgan fingerprint density at radius 3 is 2.47 bits per heavy atom. The standard InChI is InChI=1S/C10H19N3O3S/c1-6(2)8-13(10(16)11-12(3)4)7(5-17-8)9(14)15/h6-8H,5H2,1-4H3,(H,11,16)(H,14,15). The average molecular weight is 261 g/mol. The van der Waals surface area contributed by atoms with Gasteiger partial charge in [0.25, 0.3) is 0 Å². The maximum atomic E-state index is 12.0. The van der Waals surface area contributed by atoms with Gasteiger partial charge in [-0.2, -0.15) is 0 Å². The van der Waals surface area contributed by atoms with E-state index < -0.39 is 12.0 Å². The molecule has 1 aliphatic rings. The van der Waals surface area contributed by atoms with Crippen molar-refractivity contribution in [1.82, 2.24) is 15.3 Å². The van der Waals surface area contributed by atoms with Crippen molar-refractivity contribution in [3.63, 3.8) is 0 Å². The highest BCUT2D eigenvalue weighted by Gasteiger charge is 2.43. The molecule has 2 unspecified atom stereocenters. The Morgan fingerprint density at radius 2 is 2.06 bits per heavy atom. The Bertz CT molecular complexity index is 309. The Labute approximate surface area is 105 Å². The van der Waals surface area contributed by atoms with Gasteiger partial charge < -0.3 is 5.11 Å². The van der Waals surface area contributed by atoms with Crippen LogP contribution in [0.4, 0.5) is 4.79 Å². The number of carbonyl (C=O) groups excluding carboxylic acids is 1. The molecule has 0 saturated carbocycles. The number of nitrogens with one attached hydrogen (secondary N) is 1. The molecule has 17 heavy (non-hydrogen) atoms. The van der Waals surface area contributed by atoms with Crippen LogP contribution in [0.1, 0.15) is 13.8 Å². The van der Waals surface area contributed by atoms with E-state index >= 15 is 0 Å². The van der Waals surface area contributed by atoms with Crippen molar-refractivity contribution in [3.8, 4) is 0 Å². The first-order valence-electron chi connectivity index (χ1n) is 5.45. The van der Waals surface area contributed by atoms with Crippen LogP contribution in [0.25, 0.3) is 0 Å². The molecule has 0 aromatic carbocycles. The largest absolute Gasteiger partial charge is 0.480 e. The lowest BCUT2D eigenvalue weighted by atomic mass is 10.2. The lowest BCUT2D eigenvalue weighted by molar-refractivity contribution is -0.141. The lowest BCUT2D eigenvalue weighted by Crippen LogP contribution is -2.54. The summed E-state index contributed by atoms with van der Waals surface area (Å²) in [6, 6.07) is -1.10. The smallest absolute Gasteiger partial charge is 0.333 e. The fourth-order valence-electron chi connectivity index (χ4n) is 1.74. The Kier molecular flexibility index (Phi) is 4.64. The molecule has 1 rings (SSSR count). The van der Waals surface area contributed by atoms with Crippen LogP contribution in [0.2, 0.25) is 0 Å². The molecular formula is C10H19N3O3S. The van der Waals surface area contributed by atoms with Crippen molar-refractivity contribution in [2.75, 3.05) is 19.8 Å². The van der Waals surface area contributed by atoms with E-state index in [1.54, 1.807) is 14.1 Å². The zero-order valence-corrected chi connectivity index (χ0v) is 11.3. The van der Waals surface area contributed by atoms with Crippen molar-refractivity contribution in [2.24, 2.45) is 5.92 Å². The fourth-order valence-corrected chi connectivity index (χ4v) is 3.21. The first-order valence-corrected chi connectivity index (χ1v) is 6.50. The minimum Gasteiger partial charge on any atom is -0.480 e. The van der Waals surface area contributed by atoms with Crippen molar-refractivity contribution >= 4 is 23.8 Å². The highest BCUT2D eigenvalue weighted by Crippen LogP contribution is 2.33. The van der Waals surface area contributed by atoms with Crippen LogP contribution >= 0.6 is 11.8 Å². The third-order valence-corrected chi connectivity index (χ3v) is 4.07. The quantitative estimate of drug-likeness (QED) is 0.730. The SMILES string of the molecule is CC(C)C1SCC(C(=O)O)N1C(=O)NN(C)C. The number of hydrazine groups is 1. The van der Waals surface area contributed by atoms with Gasteiger partial charge in [-0.3, -0.25) is 10.3 Å². The van der Waals surface area contributed by atoms with Crippen molar-refractivity contribution < 1.29 is 14.7 Å². The van der Waals surface area contributed by atoms with Gasteiger partial charge in [0.2, 0.25) is 0 Å². The zero-order chi connectivity index (χ0) is 13.2. The normalized spacial score (nSPS) is 24.5. The van der Waals surface area contributed by atoms with E-state index in [2.05, 4.69) is 5.43 Å². The summed E-state index contributed by atoms with van der Waals surface area (Å²) in [4.78, 5) is 24.5. The van der Waals surface area contributed by atoms with E-state index in [-0.39, 0.29) is 17.3 Å². The summed E-state index contributed by atoms with van der Waals surface area (Å²) in [6.07, 6.45) is 0. The highest BCUT2D eigenvalue weighted by atomic mass is 32.2. The number of rotatable bonds is 3. The molecule has 0 bridgehead atoms. The summed E-state index contributed by atoms with van der Waals surface area (Å²) in [5, 5.41) is 10.5. The minimum absolute atomic E-state index is 0.0870. The predicted octanol–water partition coefficient (Wildman–Crippen LogP) is 0.657. The maximum Gasteiger partial charge on any atom is 0.333 e. The van der Waals surface area contributed by atoms with Crippen LogP contribution in [0.5, 0.6) is 0 Å². The molecule has 98 valence electrons. The van der Waals surface area contributed by atoms with Gasteiger partial charge in [0, 0.05) is 19.8 Å². The molecular weight excluding hydrogens is 242 g/mol. The number of hydrogen-bond donors (Lipinski definition) is 2. The molecule has 2 N–H and O–H groups in total. The molecule has 7 heteroatoms. The van der Waals surface area contributed by atoms with Crippen LogP contribution in [0.15, 0.2) is 0 Å². The summed E-state index contributed by atoms with van der Waals surface area (Å²) in [5.41, 5.74) is 2.60. The van der Waals surface area contributed by atoms with E-state index in [1.807, 2.05) is 13.8 Å². The van der Waals surface area contributed by atoms with Crippen LogP contribution in [0, 0.1) is 5.92 Å². The summed E-state index contributed by atoms with van der Waals surface area (Å²) >= 11 is 1.52. The third-order valence-electron chi connectivity index (χ3n) is 2.44. The Balaban J connectivity index is 2.85. The summed E-state index contributed by atoms with van der Waals surface area (Å²) in [5.74, 6) is -0.286. The minimum atomic E-state index is -0.949. The molecule has 1 fully saturated rings. The number of hydrogen-bond acceptors (Lipinski definition) is 4. The van der Waals surface area contributed by atoms with Gasteiger partial charge in [0.1, 0.15) is 6.04 Å². The second kappa shape index (κ2) is 5.59. The molecule has 1 heterocycles. The van der Waals surface area contributed by atoms with E-state index in [1.165, 1.54) is 21.7 Å². The molecule has 1 saturated heterocycles. The Hall–Kier alpha value is -0.950. The second-order valence-electron chi connectivity index (χ2n) is 4.54. The molecule has 1 aliphatic heterocycles. The van der Waals surface area contributed by atoms with Gasteiger partial charge in [0.05, 0.1) is 5.37 Å². The van der Waals surface area contributed by atoms with Gasteiger partial charge in [-0.05, 0) is 5.92 Å². The van der Waals surface area contributed by atoms with E-state index in [4.69, 9.17) is 5.11 Å². The maximum absolute atomic E-state index is 12.0. The fraction of sp³-hybridized carbons (Fsp3) is 0.800. The number of carboxylic acid groups (broad SMARTS) is 1. The van der Waals surface area contributed by atoms with Gasteiger partial charge in [-0.15, -0.1) is 11.8 Å².